The summed E-state index contributed by atoms with van der Waals surface area (Å²) < 4.78 is 19.6. The maximum absolute atomic E-state index is 14.1. The largest absolute Gasteiger partial charge is 0.495 e. The summed E-state index contributed by atoms with van der Waals surface area (Å²) in [5.74, 6) is 1.10. The fraction of sp³-hybridized carbons (Fsp3) is 0.320. The molecule has 1 saturated heterocycles. The molecule has 0 unspecified atom stereocenters. The van der Waals surface area contributed by atoms with Gasteiger partial charge in [0.05, 0.1) is 23.5 Å². The van der Waals surface area contributed by atoms with E-state index in [2.05, 4.69) is 20.8 Å². The number of anilines is 4. The lowest BCUT2D eigenvalue weighted by molar-refractivity contribution is 0.0792. The molecule has 1 aromatic heterocycles. The predicted molar refractivity (Wildman–Crippen MR) is 139 cm³/mol. The Balaban J connectivity index is 1.39. The van der Waals surface area contributed by atoms with Gasteiger partial charge in [-0.15, -0.1) is 10.2 Å². The van der Waals surface area contributed by atoms with Crippen LogP contribution >= 0.6 is 23.2 Å². The predicted octanol–water partition coefficient (Wildman–Crippen LogP) is 5.34. The number of hydrogen-bond donors (Lipinski definition) is 2. The Kier molecular flexibility index (Phi) is 7.02. The Bertz CT molecular complexity index is 1300. The fourth-order valence-corrected chi connectivity index (χ4v) is 4.97. The van der Waals surface area contributed by atoms with E-state index in [4.69, 9.17) is 27.9 Å². The molecule has 1 amide bonds. The number of nitrogens with one attached hydrogen (secondary N) is 2. The molecule has 2 aromatic carbocycles. The van der Waals surface area contributed by atoms with Gasteiger partial charge in [-0.2, -0.15) is 0 Å². The van der Waals surface area contributed by atoms with E-state index in [0.29, 0.717) is 58.9 Å². The van der Waals surface area contributed by atoms with Crippen LogP contribution in [0.5, 0.6) is 5.75 Å². The van der Waals surface area contributed by atoms with E-state index in [1.54, 1.807) is 25.3 Å². The minimum absolute atomic E-state index is 0.00214. The van der Waals surface area contributed by atoms with Gasteiger partial charge in [-0.25, -0.2) is 4.39 Å². The van der Waals surface area contributed by atoms with Crippen LogP contribution in [-0.2, 0) is 6.54 Å². The lowest BCUT2D eigenvalue weighted by atomic mass is 10.1. The molecule has 8 nitrogen and oxygen atoms in total. The molecule has 11 heteroatoms. The number of fused-ring (bicyclic) bond motifs is 1. The van der Waals surface area contributed by atoms with Crippen LogP contribution < -0.4 is 20.3 Å². The van der Waals surface area contributed by atoms with Crippen LogP contribution in [0.1, 0.15) is 28.8 Å². The molecule has 2 aliphatic rings. The Labute approximate surface area is 218 Å². The Morgan fingerprint density at radius 1 is 1.14 bits per heavy atom. The zero-order valence-corrected chi connectivity index (χ0v) is 21.2. The first-order valence-electron chi connectivity index (χ1n) is 11.7. The number of hydrogen-bond acceptors (Lipinski definition) is 7. The van der Waals surface area contributed by atoms with Crippen molar-refractivity contribution < 1.29 is 13.9 Å². The number of carbonyl (C=O) groups excluding carboxylic acids is 1. The smallest absolute Gasteiger partial charge is 0.253 e. The lowest BCUT2D eigenvalue weighted by Gasteiger charge is -2.31. The average molecular weight is 531 g/mol. The van der Waals surface area contributed by atoms with Gasteiger partial charge < -0.3 is 25.2 Å². The standard InChI is InChI=1S/C25H25Cl2FN6O2/c1-36-21-12-15(25(35)33-9-2-3-10-33)4-7-19(21)30-22-13-20-24(32-31-22)29-8-11-34(20)14-16-17(26)5-6-18(28)23(16)27/h4-7,12-13H,2-3,8-11,14H2,1H3,(H,29,32)(H,30,31). The summed E-state index contributed by atoms with van der Waals surface area (Å²) in [5.41, 5.74) is 2.51. The molecule has 36 heavy (non-hydrogen) atoms. The molecular weight excluding hydrogens is 506 g/mol. The van der Waals surface area contributed by atoms with Crippen molar-refractivity contribution in [3.8, 4) is 5.75 Å². The summed E-state index contributed by atoms with van der Waals surface area (Å²) >= 11 is 12.5. The quantitative estimate of drug-likeness (QED) is 0.416. The topological polar surface area (TPSA) is 82.6 Å². The second kappa shape index (κ2) is 10.4. The fourth-order valence-electron chi connectivity index (χ4n) is 4.48. The Hall–Kier alpha value is -3.30. The molecule has 3 aromatic rings. The minimum atomic E-state index is -0.514. The molecule has 0 radical (unpaired) electrons. The summed E-state index contributed by atoms with van der Waals surface area (Å²) in [6.07, 6.45) is 2.06. The summed E-state index contributed by atoms with van der Waals surface area (Å²) in [4.78, 5) is 16.7. The van der Waals surface area contributed by atoms with Gasteiger partial charge in [-0.1, -0.05) is 23.2 Å². The first kappa shape index (κ1) is 24.4. The second-order valence-electron chi connectivity index (χ2n) is 8.67. The summed E-state index contributed by atoms with van der Waals surface area (Å²) in [7, 11) is 1.56. The van der Waals surface area contributed by atoms with Gasteiger partial charge in [-0.3, -0.25) is 4.79 Å². The van der Waals surface area contributed by atoms with Crippen molar-refractivity contribution in [2.45, 2.75) is 19.4 Å². The first-order chi connectivity index (χ1) is 17.4. The number of halogens is 3. The van der Waals surface area contributed by atoms with Crippen LogP contribution in [0.2, 0.25) is 10.0 Å². The van der Waals surface area contributed by atoms with Gasteiger partial charge >= 0.3 is 0 Å². The monoisotopic (exact) mass is 530 g/mol. The van der Waals surface area contributed by atoms with E-state index >= 15 is 0 Å². The maximum Gasteiger partial charge on any atom is 0.253 e. The van der Waals surface area contributed by atoms with Gasteiger partial charge in [0, 0.05) is 54.9 Å². The number of rotatable bonds is 6. The first-order valence-corrected chi connectivity index (χ1v) is 12.4. The van der Waals surface area contributed by atoms with Crippen LogP contribution in [0.3, 0.4) is 0 Å². The number of amides is 1. The molecular formula is C25H25Cl2FN6O2. The molecule has 5 rings (SSSR count). The molecule has 2 aliphatic heterocycles. The van der Waals surface area contributed by atoms with Gasteiger partial charge in [0.2, 0.25) is 0 Å². The zero-order valence-electron chi connectivity index (χ0n) is 19.7. The summed E-state index contributed by atoms with van der Waals surface area (Å²) in [6.45, 7) is 3.15. The van der Waals surface area contributed by atoms with Crippen molar-refractivity contribution in [3.63, 3.8) is 0 Å². The molecule has 0 atom stereocenters. The van der Waals surface area contributed by atoms with Gasteiger partial charge in [-0.05, 0) is 43.2 Å². The van der Waals surface area contributed by atoms with Crippen LogP contribution in [0.4, 0.5) is 27.4 Å². The number of aromatic nitrogens is 2. The van der Waals surface area contributed by atoms with Crippen molar-refractivity contribution in [1.82, 2.24) is 15.1 Å². The molecule has 1 fully saturated rings. The highest BCUT2D eigenvalue weighted by Crippen LogP contribution is 2.35. The molecule has 3 heterocycles. The lowest BCUT2D eigenvalue weighted by Crippen LogP contribution is -2.34. The average Bonchev–Trinajstić information content (AvgIpc) is 3.44. The molecule has 0 spiro atoms. The summed E-state index contributed by atoms with van der Waals surface area (Å²) in [6, 6.07) is 9.91. The molecule has 2 N–H and O–H groups in total. The third kappa shape index (κ3) is 4.85. The maximum atomic E-state index is 14.1. The molecule has 188 valence electrons. The number of methoxy groups -OCH3 is 1. The Morgan fingerprint density at radius 2 is 1.94 bits per heavy atom. The van der Waals surface area contributed by atoms with Gasteiger partial charge in [0.15, 0.2) is 11.6 Å². The normalized spacial score (nSPS) is 14.9. The van der Waals surface area contributed by atoms with E-state index < -0.39 is 5.82 Å². The van der Waals surface area contributed by atoms with Crippen molar-refractivity contribution in [2.24, 2.45) is 0 Å². The molecule has 0 saturated carbocycles. The highest BCUT2D eigenvalue weighted by molar-refractivity contribution is 6.36. The van der Waals surface area contributed by atoms with E-state index in [1.165, 1.54) is 12.1 Å². The summed E-state index contributed by atoms with van der Waals surface area (Å²) in [5, 5.41) is 15.5. The van der Waals surface area contributed by atoms with Crippen molar-refractivity contribution in [3.05, 3.63) is 63.4 Å². The minimum Gasteiger partial charge on any atom is -0.495 e. The molecule has 0 bridgehead atoms. The molecule has 0 aliphatic carbocycles. The van der Waals surface area contributed by atoms with Crippen LogP contribution in [-0.4, -0.2) is 54.3 Å². The highest BCUT2D eigenvalue weighted by Gasteiger charge is 2.23. The SMILES string of the molecule is COc1cc(C(=O)N2CCCC2)ccc1Nc1cc2c(nn1)NCCN2Cc1c(Cl)ccc(F)c1Cl. The highest BCUT2D eigenvalue weighted by atomic mass is 35.5. The van der Waals surface area contributed by atoms with Crippen molar-refractivity contribution in [1.29, 1.82) is 0 Å². The third-order valence-electron chi connectivity index (χ3n) is 6.38. The van der Waals surface area contributed by atoms with Gasteiger partial charge in [0.1, 0.15) is 11.6 Å². The Morgan fingerprint density at radius 3 is 2.72 bits per heavy atom. The van der Waals surface area contributed by atoms with E-state index in [0.717, 1.165) is 31.6 Å². The van der Waals surface area contributed by atoms with E-state index in [-0.39, 0.29) is 10.9 Å². The number of benzene rings is 2. The third-order valence-corrected chi connectivity index (χ3v) is 7.14. The number of carbonyl (C=O) groups is 1. The van der Waals surface area contributed by atoms with Crippen LogP contribution in [0.25, 0.3) is 0 Å². The van der Waals surface area contributed by atoms with Crippen molar-refractivity contribution in [2.75, 3.05) is 48.8 Å². The zero-order chi connectivity index (χ0) is 25.2. The number of nitrogens with zero attached hydrogens (tertiary/aromatic N) is 4. The van der Waals surface area contributed by atoms with Crippen molar-refractivity contribution >= 4 is 52.1 Å². The van der Waals surface area contributed by atoms with E-state index in [9.17, 15) is 9.18 Å². The van der Waals surface area contributed by atoms with Gasteiger partial charge in [0.25, 0.3) is 5.91 Å². The van der Waals surface area contributed by atoms with Crippen LogP contribution in [0.15, 0.2) is 36.4 Å². The second-order valence-corrected chi connectivity index (χ2v) is 9.46. The number of likely N-dealkylation sites (tertiary alicyclic amines) is 1. The van der Waals surface area contributed by atoms with E-state index in [1.807, 2.05) is 15.9 Å². The van der Waals surface area contributed by atoms with Crippen LogP contribution in [0, 0.1) is 5.82 Å². The number of ether oxygens (including phenoxy) is 1.